The smallest absolute Gasteiger partial charge is 1.00 e. The van der Waals surface area contributed by atoms with Crippen LogP contribution in [0.25, 0.3) is 0 Å². The molecule has 0 atom stereocenters. The van der Waals surface area contributed by atoms with Crippen LogP contribution < -0.4 is 29.6 Å². The van der Waals surface area contributed by atoms with Gasteiger partial charge in [0.1, 0.15) is 0 Å². The summed E-state index contributed by atoms with van der Waals surface area (Å²) < 4.78 is 4.91. The fraction of sp³-hybridized carbons (Fsp3) is 0.850. The maximum Gasteiger partial charge on any atom is 1.00 e. The summed E-state index contributed by atoms with van der Waals surface area (Å²) in [7, 11) is 0. The van der Waals surface area contributed by atoms with E-state index in [1.807, 2.05) is 0 Å². The van der Waals surface area contributed by atoms with Gasteiger partial charge >= 0.3 is 35.5 Å². The third-order valence-electron chi connectivity index (χ3n) is 3.96. The molecule has 0 aliphatic carbocycles. The average Bonchev–Trinajstić information content (AvgIpc) is 2.50. The predicted octanol–water partition coefficient (Wildman–Crippen LogP) is 3.70. The molecule has 0 spiro atoms. The van der Waals surface area contributed by atoms with E-state index in [2.05, 4.69) is 19.1 Å². The van der Waals surface area contributed by atoms with Crippen LogP contribution in [0.1, 0.15) is 105 Å². The number of hydrogen-bond acceptors (Lipinski definition) is 2. The van der Waals surface area contributed by atoms with E-state index in [0.29, 0.717) is 6.61 Å². The quantitative estimate of drug-likeness (QED) is 0.186. The first-order valence-corrected chi connectivity index (χ1v) is 9.55. The third-order valence-corrected chi connectivity index (χ3v) is 3.96. The van der Waals surface area contributed by atoms with Crippen LogP contribution in [0.2, 0.25) is 0 Å². The van der Waals surface area contributed by atoms with Crippen LogP contribution in [0.5, 0.6) is 0 Å². The second-order valence-corrected chi connectivity index (χ2v) is 6.28. The van der Waals surface area contributed by atoms with Crippen LogP contribution in [-0.2, 0) is 9.53 Å². The Labute approximate surface area is 168 Å². The summed E-state index contributed by atoms with van der Waals surface area (Å²) in [5, 5.41) is 0. The third kappa shape index (κ3) is 24.6. The summed E-state index contributed by atoms with van der Waals surface area (Å²) in [5.41, 5.74) is 0. The molecule has 0 aliphatic rings. The second-order valence-electron chi connectivity index (χ2n) is 6.28. The summed E-state index contributed by atoms with van der Waals surface area (Å²) >= 11 is 0. The summed E-state index contributed by atoms with van der Waals surface area (Å²) in [6, 6.07) is 0. The van der Waals surface area contributed by atoms with E-state index in [1.54, 1.807) is 0 Å². The molecule has 0 radical (unpaired) electrons. The van der Waals surface area contributed by atoms with E-state index in [0.717, 1.165) is 6.42 Å². The normalized spacial score (nSPS) is 10.7. The SMILES string of the molecule is CCCCCCCC/C=C\CCCCCCCCOC(C)=O.[H-].[Na+]. The second kappa shape index (κ2) is 22.2. The zero-order valence-electron chi connectivity index (χ0n) is 17.1. The molecule has 0 aromatic rings. The van der Waals surface area contributed by atoms with E-state index in [-0.39, 0.29) is 37.0 Å². The van der Waals surface area contributed by atoms with E-state index in [1.165, 1.54) is 90.4 Å². The molecule has 23 heavy (non-hydrogen) atoms. The van der Waals surface area contributed by atoms with Crippen molar-refractivity contribution in [2.75, 3.05) is 6.61 Å². The van der Waals surface area contributed by atoms with Crippen molar-refractivity contribution in [3.05, 3.63) is 12.2 Å². The molecule has 132 valence electrons. The summed E-state index contributed by atoms with van der Waals surface area (Å²) in [6.07, 6.45) is 23.0. The topological polar surface area (TPSA) is 26.3 Å². The Morgan fingerprint density at radius 1 is 0.783 bits per heavy atom. The number of ether oxygens (including phenoxy) is 1. The van der Waals surface area contributed by atoms with Crippen molar-refractivity contribution in [2.45, 2.75) is 104 Å². The van der Waals surface area contributed by atoms with Gasteiger partial charge in [-0.3, -0.25) is 4.79 Å². The van der Waals surface area contributed by atoms with Crippen LogP contribution in [0, 0.1) is 0 Å². The summed E-state index contributed by atoms with van der Waals surface area (Å²) in [4.78, 5) is 10.6. The Hall–Kier alpha value is 0.210. The largest absolute Gasteiger partial charge is 1.00 e. The molecular weight excluding hydrogens is 295 g/mol. The maximum atomic E-state index is 10.6. The van der Waals surface area contributed by atoms with Gasteiger partial charge in [0.25, 0.3) is 0 Å². The maximum absolute atomic E-state index is 10.6. The minimum Gasteiger partial charge on any atom is -1.00 e. The van der Waals surface area contributed by atoms with E-state index in [4.69, 9.17) is 4.74 Å². The van der Waals surface area contributed by atoms with E-state index < -0.39 is 0 Å². The molecule has 0 saturated heterocycles. The van der Waals surface area contributed by atoms with Gasteiger partial charge in [0.05, 0.1) is 6.61 Å². The molecule has 0 amide bonds. The minimum absolute atomic E-state index is 0. The fourth-order valence-corrected chi connectivity index (χ4v) is 2.57. The van der Waals surface area contributed by atoms with Gasteiger partial charge in [0, 0.05) is 6.92 Å². The minimum atomic E-state index is -0.159. The molecule has 0 aliphatic heterocycles. The number of allylic oxidation sites excluding steroid dienone is 2. The number of rotatable bonds is 16. The number of hydrogen-bond donors (Lipinski definition) is 0. The molecule has 0 rings (SSSR count). The van der Waals surface area contributed by atoms with Crippen LogP contribution in [-0.4, -0.2) is 12.6 Å². The molecule has 0 unspecified atom stereocenters. The Bertz CT molecular complexity index is 270. The first-order chi connectivity index (χ1) is 10.8. The molecule has 0 saturated carbocycles. The number of carbonyl (C=O) groups excluding carboxylic acids is 1. The van der Waals surface area contributed by atoms with Crippen molar-refractivity contribution in [1.29, 1.82) is 0 Å². The van der Waals surface area contributed by atoms with Gasteiger partial charge < -0.3 is 6.16 Å². The first-order valence-electron chi connectivity index (χ1n) is 9.55. The van der Waals surface area contributed by atoms with Crippen LogP contribution in [0.4, 0.5) is 0 Å². The molecule has 0 heterocycles. The Morgan fingerprint density at radius 2 is 1.22 bits per heavy atom. The number of unbranched alkanes of at least 4 members (excludes halogenated alkanes) is 12. The Morgan fingerprint density at radius 3 is 1.70 bits per heavy atom. The number of carbonyl (C=O) groups is 1. The van der Waals surface area contributed by atoms with Gasteiger partial charge in [-0.25, -0.2) is 0 Å². The van der Waals surface area contributed by atoms with Crippen molar-refractivity contribution < 1.29 is 40.5 Å². The zero-order chi connectivity index (χ0) is 16.3. The van der Waals surface area contributed by atoms with Gasteiger partial charge in [-0.2, -0.15) is 0 Å². The van der Waals surface area contributed by atoms with Gasteiger partial charge in [-0.05, 0) is 32.1 Å². The molecule has 0 fully saturated rings. The zero-order valence-corrected chi connectivity index (χ0v) is 18.1. The monoisotopic (exact) mass is 334 g/mol. The van der Waals surface area contributed by atoms with E-state index in [9.17, 15) is 4.79 Å². The van der Waals surface area contributed by atoms with Gasteiger partial charge in [0.15, 0.2) is 0 Å². The molecule has 0 bridgehead atoms. The van der Waals surface area contributed by atoms with Crippen molar-refractivity contribution in [2.24, 2.45) is 0 Å². The van der Waals surface area contributed by atoms with Crippen molar-refractivity contribution in [3.8, 4) is 0 Å². The number of esters is 1. The van der Waals surface area contributed by atoms with Crippen molar-refractivity contribution >= 4 is 5.97 Å². The van der Waals surface area contributed by atoms with Crippen LogP contribution in [0.3, 0.4) is 0 Å². The molecule has 2 nitrogen and oxygen atoms in total. The predicted molar refractivity (Wildman–Crippen MR) is 97.2 cm³/mol. The van der Waals surface area contributed by atoms with Gasteiger partial charge in [0.2, 0.25) is 0 Å². The standard InChI is InChI=1S/C20H38O2.Na.H/c1-3-4-5-6-7-8-9-10-11-12-13-14-15-16-17-18-19-22-20(2)21;;/h10-11H,3-9,12-19H2,1-2H3;;/q;+1;-1/b11-10-;;. The van der Waals surface area contributed by atoms with Crippen molar-refractivity contribution in [1.82, 2.24) is 0 Å². The average molecular weight is 335 g/mol. The van der Waals surface area contributed by atoms with E-state index >= 15 is 0 Å². The summed E-state index contributed by atoms with van der Waals surface area (Å²) in [6.45, 7) is 4.34. The van der Waals surface area contributed by atoms with Crippen molar-refractivity contribution in [3.63, 3.8) is 0 Å². The van der Waals surface area contributed by atoms with Crippen LogP contribution >= 0.6 is 0 Å². The van der Waals surface area contributed by atoms with Gasteiger partial charge in [-0.15, -0.1) is 0 Å². The summed E-state index contributed by atoms with van der Waals surface area (Å²) in [5.74, 6) is -0.159. The molecular formula is C20H39NaO2. The Balaban J connectivity index is -0.00000220. The molecule has 0 aromatic heterocycles. The van der Waals surface area contributed by atoms with Crippen LogP contribution in [0.15, 0.2) is 12.2 Å². The fourth-order valence-electron chi connectivity index (χ4n) is 2.57. The molecule has 0 aromatic carbocycles. The Kier molecular flexibility index (Phi) is 24.6. The first kappa shape index (κ1) is 25.5. The molecule has 0 N–H and O–H groups in total. The van der Waals surface area contributed by atoms with Gasteiger partial charge in [-0.1, -0.05) is 76.9 Å². The molecule has 3 heteroatoms.